The Hall–Kier alpha value is -1.59. The molecule has 0 bridgehead atoms. The Morgan fingerprint density at radius 1 is 0.253 bits per heavy atom. The number of carbonyl (C=O) groups is 3. The Balaban J connectivity index is 4.80. The highest BCUT2D eigenvalue weighted by Crippen LogP contribution is 2.19. The van der Waals surface area contributed by atoms with E-state index in [4.69, 9.17) is 21.1 Å². The molecule has 0 rings (SSSR count). The van der Waals surface area contributed by atoms with Crippen molar-refractivity contribution in [3.05, 3.63) is 0 Å². The zero-order valence-corrected chi connectivity index (χ0v) is 50.9. The van der Waals surface area contributed by atoms with Gasteiger partial charge in [-0.2, -0.15) is 0 Å². The van der Waals surface area contributed by atoms with E-state index in [1.807, 2.05) is 0 Å². The summed E-state index contributed by atoms with van der Waals surface area (Å²) in [6.07, 6.45) is 65.3. The van der Waals surface area contributed by atoms with Gasteiger partial charge in [0.15, 0.2) is 6.08 Å². The molecule has 0 saturated carbocycles. The van der Waals surface area contributed by atoms with Gasteiger partial charge in [0, 0.05) is 19.3 Å². The largest absolute Gasteiger partial charge is 0.462 e. The number of esters is 3. The predicted octanol–water partition coefficient (Wildman–Crippen LogP) is 23.5. The average molecular weight is 1060 g/mol. The highest BCUT2D eigenvalue weighted by molar-refractivity contribution is 5.71. The maximum absolute atomic E-state index is 13.3. The van der Waals surface area contributed by atoms with Crippen molar-refractivity contribution in [1.82, 2.24) is 0 Å². The van der Waals surface area contributed by atoms with Gasteiger partial charge in [-0.25, -0.2) is 0 Å². The minimum Gasteiger partial charge on any atom is -0.462 e. The van der Waals surface area contributed by atoms with E-state index in [0.29, 0.717) is 19.3 Å². The number of carbonyl (C=O) groups excluding carboxylic acids is 3. The number of rotatable bonds is 65. The van der Waals surface area contributed by atoms with E-state index in [-0.39, 0.29) is 19.3 Å². The predicted molar refractivity (Wildman–Crippen MR) is 326 cm³/mol. The summed E-state index contributed by atoms with van der Waals surface area (Å²) in [6.45, 7) is -0.0884. The first-order valence-corrected chi connectivity index (χ1v) is 34.0. The number of unbranched alkanes of at least 4 members (excludes halogenated alkanes) is 54. The fourth-order valence-electron chi connectivity index (χ4n) is 10.6. The van der Waals surface area contributed by atoms with Crippen LogP contribution in [0.3, 0.4) is 0 Å². The van der Waals surface area contributed by atoms with E-state index in [1.165, 1.54) is 270 Å². The van der Waals surface area contributed by atoms with Crippen LogP contribution in [0.5, 0.6) is 0 Å². The molecule has 0 aliphatic rings. The van der Waals surface area contributed by atoms with Crippen LogP contribution in [-0.2, 0) is 28.6 Å². The summed E-state index contributed by atoms with van der Waals surface area (Å²) in [7, 11) is 0. The second-order valence-corrected chi connectivity index (χ2v) is 23.3. The van der Waals surface area contributed by atoms with Gasteiger partial charge >= 0.3 is 17.9 Å². The topological polar surface area (TPSA) is 78.9 Å². The molecule has 0 aromatic carbocycles. The summed E-state index contributed by atoms with van der Waals surface area (Å²) in [5.41, 5.74) is 0. The van der Waals surface area contributed by atoms with E-state index >= 15 is 0 Å². The SMILES string of the molecule is [2H]C([2H])(OC(=O)CCCCCCCCCCCCCCCCCCCCC)C([2H])(OC(=O)CCCCCCCCCCCCCCCCCCCCC)C([2H])([2H])OC(=O)CCCCCCCCCCCCCCCCCCCCC. The Kier molecular flexibility index (Phi) is 55.6. The Labute approximate surface area is 476 Å². The van der Waals surface area contributed by atoms with E-state index in [0.717, 1.165) is 77.0 Å². The van der Waals surface area contributed by atoms with Crippen molar-refractivity contribution in [2.24, 2.45) is 0 Å². The van der Waals surface area contributed by atoms with Gasteiger partial charge in [-0.1, -0.05) is 367 Å². The van der Waals surface area contributed by atoms with Crippen molar-refractivity contribution in [2.45, 2.75) is 412 Å². The molecule has 0 radical (unpaired) electrons. The highest BCUT2D eigenvalue weighted by Gasteiger charge is 2.19. The molecule has 0 aromatic rings. The maximum Gasteiger partial charge on any atom is 0.306 e. The molecule has 446 valence electrons. The molecule has 0 heterocycles. The van der Waals surface area contributed by atoms with Crippen LogP contribution in [0.15, 0.2) is 0 Å². The lowest BCUT2D eigenvalue weighted by Crippen LogP contribution is -2.30. The van der Waals surface area contributed by atoms with Crippen molar-refractivity contribution >= 4 is 17.9 Å². The zero-order valence-electron chi connectivity index (χ0n) is 55.9. The van der Waals surface area contributed by atoms with Crippen molar-refractivity contribution in [3.8, 4) is 0 Å². The lowest BCUT2D eigenvalue weighted by Gasteiger charge is -2.18. The van der Waals surface area contributed by atoms with Gasteiger partial charge in [0.25, 0.3) is 0 Å². The third-order valence-electron chi connectivity index (χ3n) is 15.7. The van der Waals surface area contributed by atoms with Gasteiger partial charge < -0.3 is 14.2 Å². The monoisotopic (exact) mass is 1060 g/mol. The van der Waals surface area contributed by atoms with E-state index in [1.54, 1.807) is 0 Å². The summed E-state index contributed by atoms with van der Waals surface area (Å²) in [5.74, 6) is -2.90. The van der Waals surface area contributed by atoms with Crippen LogP contribution in [0, 0.1) is 0 Å². The number of ether oxygens (including phenoxy) is 3. The smallest absolute Gasteiger partial charge is 0.306 e. The molecule has 6 heteroatoms. The van der Waals surface area contributed by atoms with Crippen LogP contribution >= 0.6 is 0 Å². The van der Waals surface area contributed by atoms with Crippen LogP contribution in [-0.4, -0.2) is 37.1 Å². The van der Waals surface area contributed by atoms with E-state index in [9.17, 15) is 14.4 Å². The van der Waals surface area contributed by atoms with Crippen LogP contribution < -0.4 is 0 Å². The first kappa shape index (κ1) is 64.2. The fourth-order valence-corrected chi connectivity index (χ4v) is 10.6. The molecule has 0 spiro atoms. The molecule has 0 saturated heterocycles. The van der Waals surface area contributed by atoms with Crippen molar-refractivity contribution in [3.63, 3.8) is 0 Å². The minimum absolute atomic E-state index is 0.121. The van der Waals surface area contributed by atoms with E-state index in [2.05, 4.69) is 20.8 Å². The molecule has 0 aromatic heterocycles. The second-order valence-electron chi connectivity index (χ2n) is 23.3. The van der Waals surface area contributed by atoms with Gasteiger partial charge in [0.2, 0.25) is 0 Å². The summed E-state index contributed by atoms with van der Waals surface area (Å²) in [4.78, 5) is 39.4. The molecule has 0 atom stereocenters. The number of hydrogen-bond acceptors (Lipinski definition) is 6. The molecule has 75 heavy (non-hydrogen) atoms. The zero-order chi connectivity index (χ0) is 58.8. The van der Waals surface area contributed by atoms with Crippen LogP contribution in [0.4, 0.5) is 0 Å². The van der Waals surface area contributed by atoms with Gasteiger partial charge in [-0.15, -0.1) is 0 Å². The fraction of sp³-hybridized carbons (Fsp3) is 0.957. The quantitative estimate of drug-likeness (QED) is 0.0343. The average Bonchev–Trinajstić information content (AvgIpc) is 3.63. The standard InChI is InChI=1S/C69H134O6/c1-4-7-10-13-16-19-22-25-28-31-34-37-40-43-46-49-52-55-58-61-67(70)73-64-66(75-69(72)63-60-57-54-51-48-45-42-39-36-33-30-27-24-21-18-15-12-9-6-3)65-74-68(71)62-59-56-53-50-47-44-41-38-35-32-29-26-23-20-17-14-11-8-5-2/h66H,4-65H2,1-3H3/i64D2,65D2,66D. The minimum atomic E-state index is -3.49. The molecule has 6 nitrogen and oxygen atoms in total. The van der Waals surface area contributed by atoms with Gasteiger partial charge in [-0.3, -0.25) is 14.4 Å². The van der Waals surface area contributed by atoms with E-state index < -0.39 is 37.1 Å². The molecule has 0 amide bonds. The highest BCUT2D eigenvalue weighted by atomic mass is 16.6. The summed E-state index contributed by atoms with van der Waals surface area (Å²) < 4.78 is 59.5. The summed E-state index contributed by atoms with van der Waals surface area (Å²) in [6, 6.07) is 0. The molecule has 0 aliphatic heterocycles. The molecule has 0 fully saturated rings. The maximum atomic E-state index is 13.3. The lowest BCUT2D eigenvalue weighted by molar-refractivity contribution is -0.167. The third-order valence-corrected chi connectivity index (χ3v) is 15.7. The third kappa shape index (κ3) is 63.1. The number of hydrogen-bond donors (Lipinski definition) is 0. The molecular weight excluding hydrogens is 925 g/mol. The second kappa shape index (κ2) is 64.9. The first-order chi connectivity index (χ1) is 38.9. The molecule has 0 unspecified atom stereocenters. The van der Waals surface area contributed by atoms with Gasteiger partial charge in [-0.05, 0) is 19.3 Å². The van der Waals surface area contributed by atoms with Gasteiger partial charge in [0.1, 0.15) is 13.1 Å². The molecule has 0 aliphatic carbocycles. The van der Waals surface area contributed by atoms with Crippen molar-refractivity contribution in [2.75, 3.05) is 13.1 Å². The normalized spacial score (nSPS) is 13.0. The summed E-state index contributed by atoms with van der Waals surface area (Å²) in [5, 5.41) is 0. The Morgan fingerprint density at radius 3 is 0.573 bits per heavy atom. The lowest BCUT2D eigenvalue weighted by atomic mass is 10.0. The summed E-state index contributed by atoms with van der Waals surface area (Å²) >= 11 is 0. The van der Waals surface area contributed by atoms with Crippen molar-refractivity contribution in [1.29, 1.82) is 0 Å². The van der Waals surface area contributed by atoms with Crippen LogP contribution in [0.2, 0.25) is 0 Å². The van der Waals surface area contributed by atoms with Crippen LogP contribution in [0.25, 0.3) is 0 Å². The Morgan fingerprint density at radius 2 is 0.400 bits per heavy atom. The Bertz CT molecular complexity index is 1280. The first-order valence-electron chi connectivity index (χ1n) is 36.5. The van der Waals surface area contributed by atoms with Crippen LogP contribution in [0.1, 0.15) is 413 Å². The molecular formula is C69H134O6. The van der Waals surface area contributed by atoms with Crippen molar-refractivity contribution < 1.29 is 35.4 Å². The van der Waals surface area contributed by atoms with Gasteiger partial charge in [0.05, 0.1) is 6.85 Å². The molecule has 0 N–H and O–H groups in total.